The third kappa shape index (κ3) is 2.30. The lowest BCUT2D eigenvalue weighted by molar-refractivity contribution is -0.394. The number of nitro groups is 2. The van der Waals surface area contributed by atoms with Gasteiger partial charge in [-0.2, -0.15) is 0 Å². The molecule has 0 fully saturated rings. The minimum atomic E-state index is -0.715. The second kappa shape index (κ2) is 4.64. The molecule has 0 amide bonds. The molecule has 0 atom stereocenters. The van der Waals surface area contributed by atoms with Crippen LogP contribution in [0.5, 0.6) is 0 Å². The van der Waals surface area contributed by atoms with E-state index in [1.165, 1.54) is 13.0 Å². The Morgan fingerprint density at radius 1 is 1.31 bits per heavy atom. The van der Waals surface area contributed by atoms with Crippen molar-refractivity contribution in [3.05, 3.63) is 43.5 Å². The first-order valence-corrected chi connectivity index (χ1v) is 4.26. The van der Waals surface area contributed by atoms with E-state index in [9.17, 15) is 20.2 Å². The molecule has 0 aliphatic heterocycles. The SMILES string of the molecule is Cc1c(CNO)cc([N+](=O)[O-])cc1[N+](=O)[O-]. The maximum Gasteiger partial charge on any atom is 0.279 e. The van der Waals surface area contributed by atoms with Crippen LogP contribution in [0.4, 0.5) is 11.4 Å². The normalized spacial score (nSPS) is 10.1. The van der Waals surface area contributed by atoms with Gasteiger partial charge in [0.2, 0.25) is 0 Å². The first-order chi connectivity index (χ1) is 7.47. The van der Waals surface area contributed by atoms with E-state index >= 15 is 0 Å². The highest BCUT2D eigenvalue weighted by Gasteiger charge is 2.20. The highest BCUT2D eigenvalue weighted by atomic mass is 16.6. The molecule has 0 spiro atoms. The topological polar surface area (TPSA) is 119 Å². The highest BCUT2D eigenvalue weighted by molar-refractivity contribution is 5.53. The summed E-state index contributed by atoms with van der Waals surface area (Å²) >= 11 is 0. The molecule has 86 valence electrons. The monoisotopic (exact) mass is 227 g/mol. The van der Waals surface area contributed by atoms with Crippen LogP contribution in [0.3, 0.4) is 0 Å². The van der Waals surface area contributed by atoms with Gasteiger partial charge in [-0.05, 0) is 12.5 Å². The molecule has 0 aliphatic rings. The van der Waals surface area contributed by atoms with Gasteiger partial charge in [0.1, 0.15) is 0 Å². The van der Waals surface area contributed by atoms with E-state index in [4.69, 9.17) is 5.21 Å². The lowest BCUT2D eigenvalue weighted by atomic mass is 10.1. The lowest BCUT2D eigenvalue weighted by Crippen LogP contribution is -2.09. The quantitative estimate of drug-likeness (QED) is 0.590. The van der Waals surface area contributed by atoms with Crippen LogP contribution in [0, 0.1) is 27.2 Å². The molecule has 1 aromatic carbocycles. The molecule has 1 rings (SSSR count). The Balaban J connectivity index is 3.38. The summed E-state index contributed by atoms with van der Waals surface area (Å²) < 4.78 is 0. The Hall–Kier alpha value is -2.06. The zero-order valence-electron chi connectivity index (χ0n) is 8.34. The summed E-state index contributed by atoms with van der Waals surface area (Å²) in [6.07, 6.45) is 0. The van der Waals surface area contributed by atoms with Crippen LogP contribution in [0.15, 0.2) is 12.1 Å². The highest BCUT2D eigenvalue weighted by Crippen LogP contribution is 2.27. The molecule has 0 bridgehead atoms. The molecule has 0 saturated heterocycles. The second-order valence-electron chi connectivity index (χ2n) is 3.10. The van der Waals surface area contributed by atoms with Gasteiger partial charge in [-0.25, -0.2) is 5.48 Å². The van der Waals surface area contributed by atoms with E-state index < -0.39 is 9.85 Å². The van der Waals surface area contributed by atoms with Crippen LogP contribution in [0.25, 0.3) is 0 Å². The van der Waals surface area contributed by atoms with E-state index in [0.29, 0.717) is 5.56 Å². The number of hydrogen-bond donors (Lipinski definition) is 2. The van der Waals surface area contributed by atoms with Crippen molar-refractivity contribution in [1.29, 1.82) is 0 Å². The fourth-order valence-corrected chi connectivity index (χ4v) is 1.31. The fourth-order valence-electron chi connectivity index (χ4n) is 1.31. The van der Waals surface area contributed by atoms with Crippen molar-refractivity contribution in [3.63, 3.8) is 0 Å². The Kier molecular flexibility index (Phi) is 3.48. The maximum absolute atomic E-state index is 10.7. The van der Waals surface area contributed by atoms with Crippen molar-refractivity contribution in [2.24, 2.45) is 0 Å². The summed E-state index contributed by atoms with van der Waals surface area (Å²) in [4.78, 5) is 19.8. The minimum Gasteiger partial charge on any atom is -0.316 e. The molecular weight excluding hydrogens is 218 g/mol. The van der Waals surface area contributed by atoms with Crippen molar-refractivity contribution in [2.75, 3.05) is 0 Å². The van der Waals surface area contributed by atoms with Crippen molar-refractivity contribution >= 4 is 11.4 Å². The summed E-state index contributed by atoms with van der Waals surface area (Å²) in [5.41, 5.74) is 1.70. The second-order valence-corrected chi connectivity index (χ2v) is 3.10. The van der Waals surface area contributed by atoms with Crippen LogP contribution in [-0.2, 0) is 6.54 Å². The van der Waals surface area contributed by atoms with Gasteiger partial charge in [-0.15, -0.1) is 0 Å². The Morgan fingerprint density at radius 2 is 1.94 bits per heavy atom. The van der Waals surface area contributed by atoms with Crippen LogP contribution < -0.4 is 5.48 Å². The Bertz CT molecular complexity index is 446. The predicted molar refractivity (Wildman–Crippen MR) is 53.1 cm³/mol. The van der Waals surface area contributed by atoms with Crippen molar-refractivity contribution in [2.45, 2.75) is 13.5 Å². The number of hydroxylamine groups is 1. The third-order valence-corrected chi connectivity index (χ3v) is 2.15. The average molecular weight is 227 g/mol. The summed E-state index contributed by atoms with van der Waals surface area (Å²) in [6.45, 7) is 1.38. The van der Waals surface area contributed by atoms with Crippen molar-refractivity contribution < 1.29 is 15.1 Å². The van der Waals surface area contributed by atoms with E-state index in [0.717, 1.165) is 6.07 Å². The van der Waals surface area contributed by atoms with E-state index in [1.807, 2.05) is 5.48 Å². The van der Waals surface area contributed by atoms with Gasteiger partial charge >= 0.3 is 0 Å². The number of nitro benzene ring substituents is 2. The van der Waals surface area contributed by atoms with Crippen LogP contribution >= 0.6 is 0 Å². The molecule has 0 unspecified atom stereocenters. The van der Waals surface area contributed by atoms with E-state index in [2.05, 4.69) is 0 Å². The van der Waals surface area contributed by atoms with Gasteiger partial charge in [-0.1, -0.05) is 0 Å². The molecule has 0 aromatic heterocycles. The molecule has 16 heavy (non-hydrogen) atoms. The smallest absolute Gasteiger partial charge is 0.279 e. The number of non-ortho nitro benzene ring substituents is 1. The summed E-state index contributed by atoms with van der Waals surface area (Å²) in [5.74, 6) is 0. The summed E-state index contributed by atoms with van der Waals surface area (Å²) in [7, 11) is 0. The Labute approximate surface area is 89.8 Å². The minimum absolute atomic E-state index is 0.0889. The van der Waals surface area contributed by atoms with E-state index in [1.54, 1.807) is 0 Å². The molecule has 0 heterocycles. The first kappa shape index (κ1) is 12.0. The molecule has 0 saturated carbocycles. The number of benzene rings is 1. The van der Waals surface area contributed by atoms with Gasteiger partial charge in [0, 0.05) is 18.2 Å². The van der Waals surface area contributed by atoms with Gasteiger partial charge < -0.3 is 5.21 Å². The standard InChI is InChI=1S/C8H9N3O5/c1-5-6(4-9-12)2-7(10(13)14)3-8(5)11(15)16/h2-3,9,12H,4H2,1H3. The number of nitrogens with one attached hydrogen (secondary N) is 1. The van der Waals surface area contributed by atoms with Gasteiger partial charge in [-0.3, -0.25) is 20.2 Å². The molecule has 0 radical (unpaired) electrons. The zero-order valence-corrected chi connectivity index (χ0v) is 8.34. The third-order valence-electron chi connectivity index (χ3n) is 2.15. The number of nitrogens with zero attached hydrogens (tertiary/aromatic N) is 2. The van der Waals surface area contributed by atoms with E-state index in [-0.39, 0.29) is 23.5 Å². The lowest BCUT2D eigenvalue weighted by Gasteiger charge is -2.05. The van der Waals surface area contributed by atoms with Crippen molar-refractivity contribution in [3.8, 4) is 0 Å². The first-order valence-electron chi connectivity index (χ1n) is 4.26. The van der Waals surface area contributed by atoms with Crippen LogP contribution in [0.2, 0.25) is 0 Å². The van der Waals surface area contributed by atoms with Gasteiger partial charge in [0.15, 0.2) is 0 Å². The molecular formula is C8H9N3O5. The molecule has 1 aromatic rings. The maximum atomic E-state index is 10.7. The van der Waals surface area contributed by atoms with Gasteiger partial charge in [0.05, 0.1) is 15.9 Å². The summed E-state index contributed by atoms with van der Waals surface area (Å²) in [6, 6.07) is 2.09. The Morgan fingerprint density at radius 3 is 2.38 bits per heavy atom. The van der Waals surface area contributed by atoms with Crippen LogP contribution in [0.1, 0.15) is 11.1 Å². The molecule has 8 nitrogen and oxygen atoms in total. The molecule has 2 N–H and O–H groups in total. The largest absolute Gasteiger partial charge is 0.316 e. The zero-order chi connectivity index (χ0) is 12.3. The van der Waals surface area contributed by atoms with Crippen LogP contribution in [-0.4, -0.2) is 15.1 Å². The number of rotatable bonds is 4. The van der Waals surface area contributed by atoms with Crippen molar-refractivity contribution in [1.82, 2.24) is 5.48 Å². The van der Waals surface area contributed by atoms with Gasteiger partial charge in [0.25, 0.3) is 11.4 Å². The number of hydrogen-bond acceptors (Lipinski definition) is 6. The predicted octanol–water partition coefficient (Wildman–Crippen LogP) is 1.29. The average Bonchev–Trinajstić information content (AvgIpc) is 2.20. The summed E-state index contributed by atoms with van der Waals surface area (Å²) in [5, 5.41) is 29.7. The molecule has 8 heteroatoms. The fraction of sp³-hybridized carbons (Fsp3) is 0.250. The molecule has 0 aliphatic carbocycles.